The molecule has 0 saturated heterocycles. The van der Waals surface area contributed by atoms with Gasteiger partial charge in [0.2, 0.25) is 0 Å². The molecule has 90 valence electrons. The van der Waals surface area contributed by atoms with Crippen LogP contribution in [0.2, 0.25) is 0 Å². The van der Waals surface area contributed by atoms with Gasteiger partial charge in [0.05, 0.1) is 6.04 Å². The second kappa shape index (κ2) is 4.57. The van der Waals surface area contributed by atoms with Crippen molar-refractivity contribution in [2.75, 3.05) is 0 Å². The molecule has 2 rings (SSSR count). The van der Waals surface area contributed by atoms with Crippen LogP contribution in [0.4, 0.5) is 0 Å². The maximum absolute atomic E-state index is 11.3. The third kappa shape index (κ3) is 2.15. The molecular formula is C12H16N4O. The second-order valence-corrected chi connectivity index (χ2v) is 4.10. The number of benzene rings is 1. The van der Waals surface area contributed by atoms with Crippen LogP contribution in [0.15, 0.2) is 30.5 Å². The van der Waals surface area contributed by atoms with Crippen molar-refractivity contribution in [2.45, 2.75) is 12.5 Å². The van der Waals surface area contributed by atoms with Gasteiger partial charge < -0.3 is 10.3 Å². The van der Waals surface area contributed by atoms with Gasteiger partial charge in [0.15, 0.2) is 0 Å². The van der Waals surface area contributed by atoms with Crippen molar-refractivity contribution in [2.24, 2.45) is 18.6 Å². The number of carbonyl (C=O) groups excluding carboxylic acids is 1. The molecule has 0 aliphatic heterocycles. The number of aryl methyl sites for hydroxylation is 1. The smallest absolute Gasteiger partial charge is 0.251 e. The summed E-state index contributed by atoms with van der Waals surface area (Å²) in [5, 5.41) is 1.12. The van der Waals surface area contributed by atoms with Crippen LogP contribution in [-0.4, -0.2) is 16.5 Å². The Bertz CT molecular complexity index is 546. The van der Waals surface area contributed by atoms with Gasteiger partial charge in [-0.25, -0.2) is 5.84 Å². The lowest BCUT2D eigenvalue weighted by Gasteiger charge is -2.08. The van der Waals surface area contributed by atoms with Crippen LogP contribution < -0.4 is 17.0 Å². The number of hydrazine groups is 1. The molecule has 1 unspecified atom stereocenters. The number of hydrogen-bond donors (Lipinski definition) is 3. The number of hydrogen-bond acceptors (Lipinski definition) is 3. The van der Waals surface area contributed by atoms with Gasteiger partial charge in [-0.15, -0.1) is 0 Å². The van der Waals surface area contributed by atoms with E-state index in [1.807, 2.05) is 42.1 Å². The molecule has 0 aliphatic carbocycles. The molecule has 0 saturated carbocycles. The van der Waals surface area contributed by atoms with Crippen molar-refractivity contribution in [1.29, 1.82) is 0 Å². The fourth-order valence-corrected chi connectivity index (χ4v) is 2.02. The van der Waals surface area contributed by atoms with E-state index in [9.17, 15) is 4.79 Å². The Labute approximate surface area is 99.4 Å². The lowest BCUT2D eigenvalue weighted by atomic mass is 10.1. The minimum atomic E-state index is -0.620. The molecule has 5 nitrogen and oxygen atoms in total. The Morgan fingerprint density at radius 1 is 1.47 bits per heavy atom. The maximum Gasteiger partial charge on any atom is 0.251 e. The fraction of sp³-hybridized carbons (Fsp3) is 0.250. The van der Waals surface area contributed by atoms with Gasteiger partial charge in [0.1, 0.15) is 0 Å². The highest BCUT2D eigenvalue weighted by Crippen LogP contribution is 2.21. The van der Waals surface area contributed by atoms with Crippen LogP contribution in [-0.2, 0) is 18.3 Å². The number of aromatic nitrogens is 1. The summed E-state index contributed by atoms with van der Waals surface area (Å²) in [5.41, 5.74) is 10.0. The SMILES string of the molecule is Cn1cc(CC(N)C(=O)NN)c2ccccc21. The van der Waals surface area contributed by atoms with Crippen molar-refractivity contribution in [1.82, 2.24) is 9.99 Å². The molecule has 0 bridgehead atoms. The highest BCUT2D eigenvalue weighted by atomic mass is 16.2. The lowest BCUT2D eigenvalue weighted by molar-refractivity contribution is -0.122. The van der Waals surface area contributed by atoms with E-state index in [2.05, 4.69) is 5.43 Å². The Morgan fingerprint density at radius 3 is 2.88 bits per heavy atom. The molecule has 1 amide bonds. The van der Waals surface area contributed by atoms with Gasteiger partial charge in [0.25, 0.3) is 5.91 Å². The molecule has 1 aromatic carbocycles. The van der Waals surface area contributed by atoms with Gasteiger partial charge in [0, 0.05) is 24.1 Å². The molecule has 1 aromatic heterocycles. The van der Waals surface area contributed by atoms with E-state index in [0.717, 1.165) is 16.5 Å². The zero-order chi connectivity index (χ0) is 12.4. The number of fused-ring (bicyclic) bond motifs is 1. The van der Waals surface area contributed by atoms with Crippen molar-refractivity contribution in [3.63, 3.8) is 0 Å². The van der Waals surface area contributed by atoms with Gasteiger partial charge in [-0.3, -0.25) is 10.2 Å². The molecule has 5 heteroatoms. The monoisotopic (exact) mass is 232 g/mol. The summed E-state index contributed by atoms with van der Waals surface area (Å²) in [4.78, 5) is 11.3. The van der Waals surface area contributed by atoms with Gasteiger partial charge in [-0.05, 0) is 18.1 Å². The third-order valence-corrected chi connectivity index (χ3v) is 2.90. The first kappa shape index (κ1) is 11.6. The van der Waals surface area contributed by atoms with Crippen LogP contribution in [0.3, 0.4) is 0 Å². The summed E-state index contributed by atoms with van der Waals surface area (Å²) in [6.45, 7) is 0. The minimum Gasteiger partial charge on any atom is -0.350 e. The number of nitrogens with two attached hydrogens (primary N) is 2. The molecule has 0 radical (unpaired) electrons. The Kier molecular flexibility index (Phi) is 3.12. The molecule has 1 atom stereocenters. The Morgan fingerprint density at radius 2 is 2.18 bits per heavy atom. The number of nitrogens with zero attached hydrogens (tertiary/aromatic N) is 1. The first-order valence-electron chi connectivity index (χ1n) is 5.42. The summed E-state index contributed by atoms with van der Waals surface area (Å²) in [7, 11) is 1.97. The van der Waals surface area contributed by atoms with E-state index < -0.39 is 6.04 Å². The number of nitrogens with one attached hydrogen (secondary N) is 1. The topological polar surface area (TPSA) is 86.1 Å². The predicted molar refractivity (Wildman–Crippen MR) is 66.9 cm³/mol. The van der Waals surface area contributed by atoms with Crippen LogP contribution in [0.1, 0.15) is 5.56 Å². The summed E-state index contributed by atoms with van der Waals surface area (Å²) in [6, 6.07) is 7.40. The highest BCUT2D eigenvalue weighted by molar-refractivity contribution is 5.86. The molecule has 17 heavy (non-hydrogen) atoms. The van der Waals surface area contributed by atoms with E-state index in [4.69, 9.17) is 11.6 Å². The molecule has 2 aromatic rings. The highest BCUT2D eigenvalue weighted by Gasteiger charge is 2.15. The van der Waals surface area contributed by atoms with Crippen LogP contribution >= 0.6 is 0 Å². The van der Waals surface area contributed by atoms with Gasteiger partial charge in [-0.1, -0.05) is 18.2 Å². The van der Waals surface area contributed by atoms with Crippen LogP contribution in [0.5, 0.6) is 0 Å². The summed E-state index contributed by atoms with van der Waals surface area (Å²) in [6.07, 6.45) is 2.47. The third-order valence-electron chi connectivity index (χ3n) is 2.90. The Hall–Kier alpha value is -1.85. The molecular weight excluding hydrogens is 216 g/mol. The van der Waals surface area contributed by atoms with E-state index in [-0.39, 0.29) is 5.91 Å². The molecule has 5 N–H and O–H groups in total. The number of amides is 1. The molecule has 0 spiro atoms. The average Bonchev–Trinajstić information content (AvgIpc) is 2.66. The van der Waals surface area contributed by atoms with E-state index >= 15 is 0 Å². The molecule has 1 heterocycles. The maximum atomic E-state index is 11.3. The summed E-state index contributed by atoms with van der Waals surface area (Å²) < 4.78 is 2.03. The minimum absolute atomic E-state index is 0.349. The largest absolute Gasteiger partial charge is 0.350 e. The Balaban J connectivity index is 2.33. The van der Waals surface area contributed by atoms with Crippen molar-refractivity contribution >= 4 is 16.8 Å². The zero-order valence-corrected chi connectivity index (χ0v) is 9.68. The van der Waals surface area contributed by atoms with E-state index in [0.29, 0.717) is 6.42 Å². The molecule has 0 fully saturated rings. The summed E-state index contributed by atoms with van der Waals surface area (Å²) >= 11 is 0. The standard InChI is InChI=1S/C12H16N4O/c1-16-7-8(6-10(13)12(17)15-14)9-4-2-3-5-11(9)16/h2-5,7,10H,6,13-14H2,1H3,(H,15,17). The summed E-state index contributed by atoms with van der Waals surface area (Å²) in [5.74, 6) is 4.71. The van der Waals surface area contributed by atoms with Crippen LogP contribution in [0, 0.1) is 0 Å². The molecule has 0 aliphatic rings. The van der Waals surface area contributed by atoms with Gasteiger partial charge in [-0.2, -0.15) is 0 Å². The number of para-hydroxylation sites is 1. The van der Waals surface area contributed by atoms with Crippen molar-refractivity contribution < 1.29 is 4.79 Å². The fourth-order valence-electron chi connectivity index (χ4n) is 2.02. The quantitative estimate of drug-likeness (QED) is 0.396. The van der Waals surface area contributed by atoms with E-state index in [1.165, 1.54) is 0 Å². The lowest BCUT2D eigenvalue weighted by Crippen LogP contribution is -2.45. The number of carbonyl (C=O) groups is 1. The second-order valence-electron chi connectivity index (χ2n) is 4.10. The zero-order valence-electron chi connectivity index (χ0n) is 9.68. The van der Waals surface area contributed by atoms with Crippen molar-refractivity contribution in [3.05, 3.63) is 36.0 Å². The van der Waals surface area contributed by atoms with Crippen molar-refractivity contribution in [3.8, 4) is 0 Å². The average molecular weight is 232 g/mol. The van der Waals surface area contributed by atoms with E-state index in [1.54, 1.807) is 0 Å². The number of rotatable bonds is 3. The van der Waals surface area contributed by atoms with Gasteiger partial charge >= 0.3 is 0 Å². The first-order valence-corrected chi connectivity index (χ1v) is 5.42. The first-order chi connectivity index (χ1) is 8.13. The van der Waals surface area contributed by atoms with Crippen LogP contribution in [0.25, 0.3) is 10.9 Å². The predicted octanol–water partition coefficient (Wildman–Crippen LogP) is 0.0380. The normalized spacial score (nSPS) is 12.6.